The van der Waals surface area contributed by atoms with Gasteiger partial charge in [0.05, 0.1) is 18.5 Å². The van der Waals surface area contributed by atoms with E-state index in [0.29, 0.717) is 13.2 Å². The highest BCUT2D eigenvalue weighted by Crippen LogP contribution is 2.47. The Kier molecular flexibility index (Phi) is 8.26. The van der Waals surface area contributed by atoms with Gasteiger partial charge in [-0.25, -0.2) is 4.39 Å². The summed E-state index contributed by atoms with van der Waals surface area (Å²) in [6.07, 6.45) is 2.10. The maximum absolute atomic E-state index is 13.3. The minimum Gasteiger partial charge on any atom is -0.488 e. The highest BCUT2D eigenvalue weighted by molar-refractivity contribution is 6.05. The summed E-state index contributed by atoms with van der Waals surface area (Å²) in [6, 6.07) is 28.3. The van der Waals surface area contributed by atoms with Crippen LogP contribution < -0.4 is 14.4 Å². The third kappa shape index (κ3) is 5.83. The summed E-state index contributed by atoms with van der Waals surface area (Å²) in [5.41, 5.74) is 7.70. The maximum atomic E-state index is 13.3. The Morgan fingerprint density at radius 1 is 0.795 bits per heavy atom. The number of fused-ring (bicyclic) bond motifs is 1. The summed E-state index contributed by atoms with van der Waals surface area (Å²) in [7, 11) is 0. The van der Waals surface area contributed by atoms with Crippen LogP contribution in [0.5, 0.6) is 11.5 Å². The van der Waals surface area contributed by atoms with E-state index in [4.69, 9.17) is 9.47 Å². The van der Waals surface area contributed by atoms with Crippen molar-refractivity contribution in [3.8, 4) is 22.6 Å². The number of hydrogen-bond acceptors (Lipinski definition) is 3. The summed E-state index contributed by atoms with van der Waals surface area (Å²) in [4.78, 5) is 14.5. The van der Waals surface area contributed by atoms with E-state index < -0.39 is 6.67 Å². The molecule has 0 aliphatic carbocycles. The average Bonchev–Trinajstić information content (AvgIpc) is 3.27. The van der Waals surface area contributed by atoms with E-state index in [2.05, 4.69) is 19.1 Å². The quantitative estimate of drug-likeness (QED) is 0.203. The number of hydrogen-bond donors (Lipinski definition) is 0. The molecule has 1 heterocycles. The van der Waals surface area contributed by atoms with Crippen LogP contribution in [-0.2, 0) is 30.8 Å². The molecule has 4 aromatic carbocycles. The Morgan fingerprint density at radius 2 is 1.38 bits per heavy atom. The fourth-order valence-electron chi connectivity index (χ4n) is 5.27. The number of aryl methyl sites for hydroxylation is 2. The Morgan fingerprint density at radius 3 is 1.92 bits per heavy atom. The highest BCUT2D eigenvalue weighted by atomic mass is 19.1. The standard InChI is InChI=1S/C34H34FNO3/c1-3-10-27-19-30(38-22-25-11-6-4-7-12-25)34(31(20-27)39-23-26-13-8-5-9-14-26)33-24(2)15-16-29-28(33)21-32(37)36(29)18-17-35/h4-9,11-16,19-20H,3,10,17-18,21-23H2,1-2H3. The molecule has 0 atom stereocenters. The minimum absolute atomic E-state index is 0.0541. The van der Waals surface area contributed by atoms with Crippen LogP contribution in [0.25, 0.3) is 11.1 Å². The number of ether oxygens (including phenoxy) is 2. The van der Waals surface area contributed by atoms with Crippen molar-refractivity contribution in [1.29, 1.82) is 0 Å². The van der Waals surface area contributed by atoms with Crippen molar-refractivity contribution in [2.24, 2.45) is 0 Å². The average molecular weight is 524 g/mol. The second-order valence-electron chi connectivity index (χ2n) is 9.93. The van der Waals surface area contributed by atoms with Gasteiger partial charge in [-0.15, -0.1) is 0 Å². The number of halogens is 1. The lowest BCUT2D eigenvalue weighted by atomic mass is 9.90. The molecule has 39 heavy (non-hydrogen) atoms. The largest absolute Gasteiger partial charge is 0.488 e. The van der Waals surface area contributed by atoms with Crippen molar-refractivity contribution in [1.82, 2.24) is 0 Å². The number of rotatable bonds is 11. The molecule has 0 bridgehead atoms. The molecule has 0 unspecified atom stereocenters. The number of benzene rings is 4. The molecule has 0 fully saturated rings. The van der Waals surface area contributed by atoms with E-state index in [1.165, 1.54) is 0 Å². The lowest BCUT2D eigenvalue weighted by Crippen LogP contribution is -2.28. The smallest absolute Gasteiger partial charge is 0.231 e. The topological polar surface area (TPSA) is 38.8 Å². The molecule has 0 aromatic heterocycles. The summed E-state index contributed by atoms with van der Waals surface area (Å²) in [6.45, 7) is 4.47. The summed E-state index contributed by atoms with van der Waals surface area (Å²) in [5.74, 6) is 1.36. The molecule has 0 spiro atoms. The molecule has 5 heteroatoms. The number of alkyl halides is 1. The van der Waals surface area contributed by atoms with Gasteiger partial charge >= 0.3 is 0 Å². The molecule has 200 valence electrons. The van der Waals surface area contributed by atoms with Gasteiger partial charge in [-0.1, -0.05) is 80.1 Å². The number of carbonyl (C=O) groups excluding carboxylic acids is 1. The Bertz CT molecular complexity index is 1370. The molecule has 1 aliphatic rings. The van der Waals surface area contributed by atoms with Gasteiger partial charge in [0.25, 0.3) is 0 Å². The van der Waals surface area contributed by atoms with Crippen molar-refractivity contribution in [3.63, 3.8) is 0 Å². The summed E-state index contributed by atoms with van der Waals surface area (Å²) >= 11 is 0. The van der Waals surface area contributed by atoms with Crippen LogP contribution in [0.4, 0.5) is 10.1 Å². The van der Waals surface area contributed by atoms with Crippen LogP contribution in [0.15, 0.2) is 84.9 Å². The fraction of sp³-hybridized carbons (Fsp3) is 0.265. The van der Waals surface area contributed by atoms with Gasteiger partial charge in [0.1, 0.15) is 31.4 Å². The highest BCUT2D eigenvalue weighted by Gasteiger charge is 2.32. The molecule has 0 radical (unpaired) electrons. The Labute approximate surface area is 230 Å². The summed E-state index contributed by atoms with van der Waals surface area (Å²) < 4.78 is 26.4. The zero-order chi connectivity index (χ0) is 27.2. The normalized spacial score (nSPS) is 12.5. The van der Waals surface area contributed by atoms with Crippen LogP contribution in [0.3, 0.4) is 0 Å². The van der Waals surface area contributed by atoms with E-state index in [1.807, 2.05) is 79.7 Å². The molecule has 1 amide bonds. The third-order valence-electron chi connectivity index (χ3n) is 7.11. The monoisotopic (exact) mass is 523 g/mol. The van der Waals surface area contributed by atoms with Gasteiger partial charge in [-0.3, -0.25) is 4.79 Å². The molecule has 0 N–H and O–H groups in total. The van der Waals surface area contributed by atoms with Crippen molar-refractivity contribution in [2.75, 3.05) is 18.1 Å². The first-order valence-electron chi connectivity index (χ1n) is 13.6. The maximum Gasteiger partial charge on any atom is 0.231 e. The molecule has 0 saturated heterocycles. The first kappa shape index (κ1) is 26.5. The minimum atomic E-state index is -0.586. The first-order chi connectivity index (χ1) is 19.1. The van der Waals surface area contributed by atoms with E-state index >= 15 is 0 Å². The van der Waals surface area contributed by atoms with Crippen molar-refractivity contribution in [3.05, 3.63) is 113 Å². The van der Waals surface area contributed by atoms with Crippen molar-refractivity contribution >= 4 is 11.6 Å². The molecule has 4 aromatic rings. The SMILES string of the molecule is CCCc1cc(OCc2ccccc2)c(-c2c(C)ccc3c2CC(=O)N3CCF)c(OCc2ccccc2)c1. The summed E-state index contributed by atoms with van der Waals surface area (Å²) in [5, 5.41) is 0. The molecule has 5 rings (SSSR count). The van der Waals surface area contributed by atoms with Crippen molar-refractivity contribution in [2.45, 2.75) is 46.3 Å². The lowest BCUT2D eigenvalue weighted by Gasteiger charge is -2.22. The predicted molar refractivity (Wildman–Crippen MR) is 154 cm³/mol. The van der Waals surface area contributed by atoms with E-state index in [9.17, 15) is 9.18 Å². The third-order valence-corrected chi connectivity index (χ3v) is 7.11. The molecule has 4 nitrogen and oxygen atoms in total. The van der Waals surface area contributed by atoms with Crippen LogP contribution in [0.1, 0.15) is 41.2 Å². The van der Waals surface area contributed by atoms with Crippen LogP contribution in [-0.4, -0.2) is 19.1 Å². The van der Waals surface area contributed by atoms with Crippen molar-refractivity contribution < 1.29 is 18.7 Å². The lowest BCUT2D eigenvalue weighted by molar-refractivity contribution is -0.117. The van der Waals surface area contributed by atoms with Gasteiger partial charge in [-0.05, 0) is 64.9 Å². The Hall–Kier alpha value is -4.12. The van der Waals surface area contributed by atoms with Gasteiger partial charge in [0, 0.05) is 5.69 Å². The van der Waals surface area contributed by atoms with Gasteiger partial charge in [0.2, 0.25) is 5.91 Å². The zero-order valence-electron chi connectivity index (χ0n) is 22.6. The molecule has 0 saturated carbocycles. The molecule has 1 aliphatic heterocycles. The van der Waals surface area contributed by atoms with Gasteiger partial charge in [0.15, 0.2) is 0 Å². The van der Waals surface area contributed by atoms with E-state index in [1.54, 1.807) is 4.90 Å². The Balaban J connectivity index is 1.66. The number of anilines is 1. The van der Waals surface area contributed by atoms with Gasteiger partial charge in [-0.2, -0.15) is 0 Å². The number of carbonyl (C=O) groups is 1. The van der Waals surface area contributed by atoms with Crippen LogP contribution in [0.2, 0.25) is 0 Å². The number of nitrogens with zero attached hydrogens (tertiary/aromatic N) is 1. The van der Waals surface area contributed by atoms with Crippen LogP contribution >= 0.6 is 0 Å². The van der Waals surface area contributed by atoms with Crippen LogP contribution in [0, 0.1) is 6.92 Å². The number of amides is 1. The van der Waals surface area contributed by atoms with E-state index in [0.717, 1.165) is 69.0 Å². The predicted octanol–water partition coefficient (Wildman–Crippen LogP) is 7.63. The molecular weight excluding hydrogens is 489 g/mol. The molecular formula is C34H34FNO3. The fourth-order valence-corrected chi connectivity index (χ4v) is 5.27. The second-order valence-corrected chi connectivity index (χ2v) is 9.93. The second kappa shape index (κ2) is 12.2. The van der Waals surface area contributed by atoms with E-state index in [-0.39, 0.29) is 18.9 Å². The zero-order valence-corrected chi connectivity index (χ0v) is 22.6. The first-order valence-corrected chi connectivity index (χ1v) is 13.6. The van der Waals surface area contributed by atoms with Gasteiger partial charge < -0.3 is 14.4 Å².